The lowest BCUT2D eigenvalue weighted by molar-refractivity contribution is 0.296. The Morgan fingerprint density at radius 1 is 0.632 bits per heavy atom. The monoisotopic (exact) mass is 632 g/mol. The minimum absolute atomic E-state index is 0.403. The van der Waals surface area contributed by atoms with E-state index in [1.807, 2.05) is 74.0 Å². The third-order valence-corrected chi connectivity index (χ3v) is 12.3. The van der Waals surface area contributed by atoms with Gasteiger partial charge in [-0.25, -0.2) is 0 Å². The third kappa shape index (κ3) is 6.02. The molecule has 0 atom stereocenters. The first kappa shape index (κ1) is 27.4. The third-order valence-electron chi connectivity index (χ3n) is 5.72. The van der Waals surface area contributed by atoms with Gasteiger partial charge in [-0.2, -0.15) is 4.57 Å². The van der Waals surface area contributed by atoms with Crippen LogP contribution in [0.2, 0.25) is 0 Å². The first-order valence-electron chi connectivity index (χ1n) is 11.3. The number of aryl methyl sites for hydroxylation is 3. The van der Waals surface area contributed by atoms with Gasteiger partial charge >= 0.3 is 7.82 Å². The lowest BCUT2D eigenvalue weighted by atomic mass is 10.1. The summed E-state index contributed by atoms with van der Waals surface area (Å²) in [5, 5.41) is 4.07. The lowest BCUT2D eigenvalue weighted by Gasteiger charge is -2.22. The molecule has 0 saturated heterocycles. The summed E-state index contributed by atoms with van der Waals surface area (Å²) in [5.74, 6) is 1.23. The van der Waals surface area contributed by atoms with Gasteiger partial charge < -0.3 is 13.6 Å². The molecule has 0 radical (unpaired) electrons. The molecule has 38 heavy (non-hydrogen) atoms. The maximum atomic E-state index is 14.2. The van der Waals surface area contributed by atoms with E-state index in [-0.39, 0.29) is 0 Å². The van der Waals surface area contributed by atoms with E-state index in [9.17, 15) is 4.57 Å². The number of phosphoric acid groups is 1. The fourth-order valence-electron chi connectivity index (χ4n) is 3.70. The van der Waals surface area contributed by atoms with Crippen molar-refractivity contribution in [3.8, 4) is 39.5 Å². The Labute approximate surface area is 246 Å². The maximum Gasteiger partial charge on any atom is 0.647 e. The molecule has 5 rings (SSSR count). The number of hydrogen-bond donors (Lipinski definition) is 0. The van der Waals surface area contributed by atoms with Gasteiger partial charge in [0.25, 0.3) is 0 Å². The molecular weight excluding hydrogens is 612 g/mol. The zero-order valence-electron chi connectivity index (χ0n) is 20.5. The van der Waals surface area contributed by atoms with Gasteiger partial charge in [0, 0.05) is 21.9 Å². The van der Waals surface area contributed by atoms with Crippen LogP contribution in [0.15, 0.2) is 71.4 Å². The molecule has 0 saturated carbocycles. The Morgan fingerprint density at radius 3 is 1.47 bits per heavy atom. The molecule has 194 valence electrons. The summed E-state index contributed by atoms with van der Waals surface area (Å²) in [6.45, 7) is 5.66. The Kier molecular flexibility index (Phi) is 8.30. The topological polar surface area (TPSA) is 44.8 Å². The summed E-state index contributed by atoms with van der Waals surface area (Å²) >= 11 is 10.9. The van der Waals surface area contributed by atoms with Gasteiger partial charge in [0.2, 0.25) is 0 Å². The van der Waals surface area contributed by atoms with Crippen LogP contribution in [0, 0.1) is 28.4 Å². The van der Waals surface area contributed by atoms with Gasteiger partial charge in [0.1, 0.15) is 24.9 Å². The number of rotatable bonds is 8. The largest absolute Gasteiger partial charge is 0.647 e. The summed E-state index contributed by atoms with van der Waals surface area (Å²) in [6, 6.07) is 18.6. The summed E-state index contributed by atoms with van der Waals surface area (Å²) in [4.78, 5) is 0. The quantitative estimate of drug-likeness (QED) is 0.0963. The lowest BCUT2D eigenvalue weighted by Crippen LogP contribution is -2.09. The van der Waals surface area contributed by atoms with E-state index in [0.717, 1.165) is 46.6 Å². The van der Waals surface area contributed by atoms with Gasteiger partial charge in [-0.3, -0.25) is 0 Å². The van der Waals surface area contributed by atoms with Crippen molar-refractivity contribution in [2.45, 2.75) is 20.8 Å². The van der Waals surface area contributed by atoms with Crippen LogP contribution in [0.4, 0.5) is 0 Å². The van der Waals surface area contributed by atoms with Crippen molar-refractivity contribution >= 4 is 73.6 Å². The van der Waals surface area contributed by atoms with Gasteiger partial charge in [0.05, 0.1) is 0 Å². The summed E-state index contributed by atoms with van der Waals surface area (Å²) < 4.78 is 34.0. The fraction of sp³-hybridized carbons (Fsp3) is 0.111. The number of para-hydroxylation sites is 1. The Hall–Kier alpha value is -2.17. The van der Waals surface area contributed by atoms with Crippen LogP contribution in [0.1, 0.15) is 16.7 Å². The Balaban J connectivity index is 1.49. The van der Waals surface area contributed by atoms with Gasteiger partial charge in [-0.05, 0) is 78.9 Å². The van der Waals surface area contributed by atoms with Crippen molar-refractivity contribution in [2.75, 3.05) is 0 Å². The molecule has 0 N–H and O–H groups in total. The van der Waals surface area contributed by atoms with Crippen molar-refractivity contribution < 1.29 is 18.1 Å². The molecule has 5 aromatic rings. The smallest absolute Gasteiger partial charge is 0.386 e. The van der Waals surface area contributed by atoms with Gasteiger partial charge in [-0.1, -0.05) is 96.1 Å². The highest BCUT2D eigenvalue weighted by Crippen LogP contribution is 2.52. The van der Waals surface area contributed by atoms with E-state index < -0.39 is 7.82 Å². The molecule has 11 heteroatoms. The molecule has 3 aromatic carbocycles. The second-order valence-electron chi connectivity index (χ2n) is 8.44. The van der Waals surface area contributed by atoms with E-state index in [1.54, 1.807) is 59.6 Å². The minimum atomic E-state index is -4.17. The summed E-state index contributed by atoms with van der Waals surface area (Å²) in [6.07, 6.45) is 0. The highest BCUT2D eigenvalue weighted by Gasteiger charge is 2.35. The molecular formula is C27H21O4PS6. The molecule has 0 unspecified atom stereocenters. The fourth-order valence-corrected chi connectivity index (χ4v) is 9.95. The van der Waals surface area contributed by atoms with E-state index in [2.05, 4.69) is 0 Å². The molecule has 0 amide bonds. The normalized spacial score (nSPS) is 11.3. The zero-order chi connectivity index (χ0) is 26.9. The molecule has 0 spiro atoms. The number of hydrogen-bond acceptors (Lipinski definition) is 10. The Bertz CT molecular complexity index is 1680. The standard InChI is InChI=1S/C27H21O4PS6/c1-16-6-4-5-7-23(16)29-32(28,30-24-10-8-19(12-17(24)2)21-14-35-37-26(21)33)31-25-11-9-20(13-18(25)3)22-15-36-38-27(22)34/h4-15H,1-3H3. The highest BCUT2D eigenvalue weighted by atomic mass is 32.9. The molecule has 4 nitrogen and oxygen atoms in total. The average molecular weight is 633 g/mol. The van der Waals surface area contributed by atoms with Crippen molar-refractivity contribution in [2.24, 2.45) is 0 Å². The SMILES string of the molecule is Cc1ccccc1OP(=O)(Oc1ccc(-c2cssc2=S)cc1C)Oc1ccc(-c2cssc2=S)cc1C. The molecule has 0 fully saturated rings. The first-order valence-corrected chi connectivity index (χ1v) is 18.0. The second-order valence-corrected chi connectivity index (χ2v) is 15.4. The first-order chi connectivity index (χ1) is 18.2. The van der Waals surface area contributed by atoms with E-state index in [0.29, 0.717) is 17.2 Å². The van der Waals surface area contributed by atoms with E-state index in [4.69, 9.17) is 38.0 Å². The predicted molar refractivity (Wildman–Crippen MR) is 167 cm³/mol. The van der Waals surface area contributed by atoms with Crippen LogP contribution in [0.3, 0.4) is 0 Å². The Morgan fingerprint density at radius 2 is 1.08 bits per heavy atom. The summed E-state index contributed by atoms with van der Waals surface area (Å²) in [5.41, 5.74) is 6.36. The van der Waals surface area contributed by atoms with Crippen LogP contribution >= 0.6 is 73.6 Å². The van der Waals surface area contributed by atoms with Gasteiger partial charge in [0.15, 0.2) is 0 Å². The maximum absolute atomic E-state index is 14.2. The zero-order valence-corrected chi connectivity index (χ0v) is 26.3. The minimum Gasteiger partial charge on any atom is -0.386 e. The van der Waals surface area contributed by atoms with E-state index >= 15 is 0 Å². The summed E-state index contributed by atoms with van der Waals surface area (Å²) in [7, 11) is 2.16. The van der Waals surface area contributed by atoms with E-state index in [1.165, 1.54) is 0 Å². The van der Waals surface area contributed by atoms with Gasteiger partial charge in [-0.15, -0.1) is 0 Å². The van der Waals surface area contributed by atoms with Crippen molar-refractivity contribution in [3.63, 3.8) is 0 Å². The molecule has 0 bridgehead atoms. The molecule has 0 aliphatic rings. The van der Waals surface area contributed by atoms with Crippen LogP contribution < -0.4 is 13.6 Å². The van der Waals surface area contributed by atoms with Crippen LogP contribution in [0.5, 0.6) is 17.2 Å². The second kappa shape index (κ2) is 11.5. The number of benzene rings is 3. The van der Waals surface area contributed by atoms with Crippen molar-refractivity contribution in [3.05, 3.63) is 95.8 Å². The molecule has 2 heterocycles. The van der Waals surface area contributed by atoms with Crippen LogP contribution in [0.25, 0.3) is 22.3 Å². The van der Waals surface area contributed by atoms with Crippen molar-refractivity contribution in [1.29, 1.82) is 0 Å². The van der Waals surface area contributed by atoms with Crippen molar-refractivity contribution in [1.82, 2.24) is 0 Å². The van der Waals surface area contributed by atoms with Crippen LogP contribution in [-0.4, -0.2) is 0 Å². The average Bonchev–Trinajstić information content (AvgIpc) is 3.51. The molecule has 0 aliphatic heterocycles. The predicted octanol–water partition coefficient (Wildman–Crippen LogP) is 11.3. The number of phosphoric ester groups is 1. The molecule has 0 aliphatic carbocycles. The van der Waals surface area contributed by atoms with Crippen LogP contribution in [-0.2, 0) is 4.57 Å². The molecule has 2 aromatic heterocycles. The highest BCUT2D eigenvalue weighted by molar-refractivity contribution is 7.80.